The van der Waals surface area contributed by atoms with Crippen LogP contribution >= 0.6 is 11.8 Å². The normalized spacial score (nSPS) is 25.5. The van der Waals surface area contributed by atoms with Gasteiger partial charge in [0.15, 0.2) is 0 Å². The maximum Gasteiger partial charge on any atom is 0.323 e. The van der Waals surface area contributed by atoms with Crippen molar-refractivity contribution >= 4 is 134 Å². The number of thioether (sulfide) groups is 1. The van der Waals surface area contributed by atoms with Crippen molar-refractivity contribution in [2.24, 2.45) is 29.0 Å². The van der Waals surface area contributed by atoms with Gasteiger partial charge < -0.3 is 120 Å². The van der Waals surface area contributed by atoms with Gasteiger partial charge in [0, 0.05) is 106 Å². The number of aromatic nitrogens is 2. The number of likely N-dealkylation sites (N-methyl/N-ethyl adjacent to an activating group) is 3. The van der Waals surface area contributed by atoms with Crippen LogP contribution in [0.25, 0.3) is 21.8 Å². The number of nitrogens with one attached hydrogen (secondary N) is 10. The summed E-state index contributed by atoms with van der Waals surface area (Å²) in [5.74, 6) is -17.9. The zero-order valence-electron chi connectivity index (χ0n) is 74.5. The smallest absolute Gasteiger partial charge is 0.323 e. The first-order chi connectivity index (χ1) is 61.2. The monoisotopic (exact) mass is 1820 g/mol. The Kier molecular flexibility index (Phi) is 37.8. The lowest BCUT2D eigenvalue weighted by atomic mass is 9.99. The van der Waals surface area contributed by atoms with E-state index in [2.05, 4.69) is 52.8 Å². The van der Waals surface area contributed by atoms with Gasteiger partial charge in [-0.2, -0.15) is 0 Å². The zero-order valence-corrected chi connectivity index (χ0v) is 75.3. The lowest BCUT2D eigenvalue weighted by Crippen LogP contribution is -2.62. The number of unbranched alkanes of at least 4 members (excludes halogenated alkanes) is 2. The molecule has 704 valence electrons. The van der Waals surface area contributed by atoms with Crippen LogP contribution in [0.4, 0.5) is 0 Å². The van der Waals surface area contributed by atoms with E-state index in [-0.39, 0.29) is 81.2 Å². The molecule has 3 aliphatic rings. The van der Waals surface area contributed by atoms with E-state index < -0.39 is 242 Å². The quantitative estimate of drug-likeness (QED) is 0.0346. The molecule has 0 bridgehead atoms. The second kappa shape index (κ2) is 47.7. The number of hydrogen-bond donors (Lipinski definition) is 17. The summed E-state index contributed by atoms with van der Waals surface area (Å²) in [5, 5.41) is 67.6. The molecule has 16 amide bonds. The van der Waals surface area contributed by atoms with Crippen LogP contribution < -0.4 is 65.1 Å². The first kappa shape index (κ1) is 102. The molecule has 2 aromatic heterocycles. The molecule has 0 saturated carbocycles. The molecule has 3 aliphatic heterocycles. The Bertz CT molecular complexity index is 4870. The van der Waals surface area contributed by atoms with Crippen molar-refractivity contribution in [3.8, 4) is 5.75 Å². The number of nitrogens with zero attached hydrogens (tertiary/aromatic N) is 6. The number of phenols is 1. The van der Waals surface area contributed by atoms with Crippen molar-refractivity contribution < 1.29 is 102 Å². The summed E-state index contributed by atoms with van der Waals surface area (Å²) in [6.45, 7) is 9.10. The second-order valence-electron chi connectivity index (χ2n) is 34.1. The number of fused-ring (bicyclic) bond motifs is 4. The molecule has 5 heterocycles. The van der Waals surface area contributed by atoms with Crippen LogP contribution in [0.5, 0.6) is 5.75 Å². The minimum atomic E-state index is -1.94. The highest BCUT2D eigenvalue weighted by molar-refractivity contribution is 8.00. The van der Waals surface area contributed by atoms with E-state index in [9.17, 15) is 68.4 Å². The average Bonchev–Trinajstić information content (AvgIpc) is 1.65. The Hall–Kier alpha value is -12.2. The van der Waals surface area contributed by atoms with Gasteiger partial charge in [0.1, 0.15) is 96.9 Å². The molecular weight excluding hydrogens is 1690 g/mol. The molecule has 3 saturated heterocycles. The van der Waals surface area contributed by atoms with Gasteiger partial charge in [-0.05, 0) is 98.2 Å². The van der Waals surface area contributed by atoms with Crippen molar-refractivity contribution in [2.45, 2.75) is 242 Å². The third-order valence-electron chi connectivity index (χ3n) is 23.4. The predicted molar refractivity (Wildman–Crippen MR) is 475 cm³/mol. The predicted octanol–water partition coefficient (Wildman–Crippen LogP) is -1.71. The number of aliphatic hydroxyl groups excluding tert-OH is 2. The van der Waals surface area contributed by atoms with Gasteiger partial charge in [0.25, 0.3) is 0 Å². The van der Waals surface area contributed by atoms with Crippen LogP contribution in [0.3, 0.4) is 0 Å². The SMILES string of the molecule is CCCC[C@H]1C(=O)N(C)[C@@H](CCCC)C(=O)N[C@@H](CC(C)C)C(=O)N[C@H](C(N)=O)CSCC(=O)N[C@@H](Cc2ccc(O)cc2)C(=O)N(C)[C@@H](C)C(=O)N[C@@H](CC(N)=O)C(=O)N2CCC[C@H]2C(=O)N[C@@H](CN)C(=O)N[C@@H](CC(C)C)C(=O)N2C[C@H](O)C[C@H]2C(=O)N[C@@H](Cc2c[nH]c3ccccc23)C(=O)N[C@@H](CO)C(=O)N[C@@H](Cc2cn(CC(=O)O)c3ccccc23)C(=O)N1C. The lowest BCUT2D eigenvalue weighted by Gasteiger charge is -2.36. The Morgan fingerprint density at radius 2 is 1.09 bits per heavy atom. The Labute approximate surface area is 751 Å². The number of rotatable bonds is 23. The molecule has 0 radical (unpaired) electrons. The number of primary amides is 2. The Balaban J connectivity index is 1.18. The number of para-hydroxylation sites is 2. The van der Waals surface area contributed by atoms with Gasteiger partial charge in [0.05, 0.1) is 24.9 Å². The van der Waals surface area contributed by atoms with E-state index >= 15 is 33.6 Å². The topological polar surface area (TPSA) is 594 Å². The van der Waals surface area contributed by atoms with Crippen LogP contribution in [0, 0.1) is 11.8 Å². The number of carboxylic acids is 1. The largest absolute Gasteiger partial charge is 0.508 e. The molecule has 3 aromatic carbocycles. The molecule has 3 fully saturated rings. The molecule has 8 rings (SSSR count). The first-order valence-corrected chi connectivity index (χ1v) is 44.7. The van der Waals surface area contributed by atoms with Crippen molar-refractivity contribution in [1.82, 2.24) is 81.9 Å². The van der Waals surface area contributed by atoms with Gasteiger partial charge in [-0.25, -0.2) is 0 Å². The van der Waals surface area contributed by atoms with Gasteiger partial charge in [-0.15, -0.1) is 11.8 Å². The van der Waals surface area contributed by atoms with Crippen LogP contribution in [-0.2, 0) is 107 Å². The minimum Gasteiger partial charge on any atom is -0.508 e. The number of phenolic OH excluding ortho intramolecular Hbond substituents is 1. The molecule has 0 spiro atoms. The minimum absolute atomic E-state index is 0.0101. The van der Waals surface area contributed by atoms with Gasteiger partial charge in [0.2, 0.25) is 94.5 Å². The fraction of sp³-hybridized carbons (Fsp3) is 0.557. The number of aromatic amines is 1. The molecule has 41 heteroatoms. The molecule has 0 aliphatic carbocycles. The third kappa shape index (κ3) is 27.7. The van der Waals surface area contributed by atoms with Crippen molar-refractivity contribution in [1.29, 1.82) is 0 Å². The average molecular weight is 1820 g/mol. The maximum atomic E-state index is 15.8. The number of carbonyl (C=O) groups excluding carboxylic acids is 16. The van der Waals surface area contributed by atoms with Gasteiger partial charge in [-0.1, -0.05) is 116 Å². The fourth-order valence-electron chi connectivity index (χ4n) is 16.3. The first-order valence-electron chi connectivity index (χ1n) is 43.6. The lowest BCUT2D eigenvalue weighted by molar-refractivity contribution is -0.149. The number of carbonyl (C=O) groups is 17. The van der Waals surface area contributed by atoms with Crippen molar-refractivity contribution in [3.63, 3.8) is 0 Å². The summed E-state index contributed by atoms with van der Waals surface area (Å²) in [6, 6.07) is -2.42. The zero-order chi connectivity index (χ0) is 94.9. The second-order valence-corrected chi connectivity index (χ2v) is 35.2. The fourth-order valence-corrected chi connectivity index (χ4v) is 17.1. The van der Waals surface area contributed by atoms with E-state index in [1.807, 2.05) is 13.8 Å². The highest BCUT2D eigenvalue weighted by Crippen LogP contribution is 2.29. The molecular formula is C88H125N19O21S. The molecule has 5 aromatic rings. The van der Waals surface area contributed by atoms with Crippen LogP contribution in [0.2, 0.25) is 0 Å². The summed E-state index contributed by atoms with van der Waals surface area (Å²) in [7, 11) is 3.90. The number of benzene rings is 3. The summed E-state index contributed by atoms with van der Waals surface area (Å²) >= 11 is 0.821. The number of nitrogens with two attached hydrogens (primary N) is 3. The standard InChI is InChI=1S/C88H125N19O21S/c1-11-13-23-68-81(121)94-58(32-47(3)4)77(117)101-66(75(91)115)45-129-46-73(112)93-61(34-50-27-29-53(109)30-28-50)84(124)102(8)49(7)76(116)96-63(38-72(90)111)86(126)106-31-19-26-69(106)82(122)99-64(39-89)79(119)97-60(33-48(5)6)87(127)107-42-54(110)37-71(107)83(123)95-59(35-51-40-92-57-22-17-15-20-55(51)57)78(118)100-65(44-108)80(120)98-62(85(125)104(10)70(24-14-12-2)88(128)103(68)9)36-52-41-105(43-74(113)114)67-25-18-16-21-56(52)67/h15-18,20-22,25,27-30,40-41,47-49,54,58-66,68-71,92,108-110H,11-14,19,23-24,26,31-39,42-46,89H2,1-10H3,(H2,90,111)(H2,91,115)(H,93,112)(H,94,121)(H,95,123)(H,96,116)(H,97,119)(H,98,120)(H,99,122)(H,100,118)(H,101,117)(H,113,114)/t49-,54+,58-,59-,60-,61-,62-,63-,64-,65-,66-,68-,69-,70-,71-/m0/s1. The molecule has 15 atom stereocenters. The number of aromatic hydroxyl groups is 1. The van der Waals surface area contributed by atoms with Gasteiger partial charge >= 0.3 is 5.97 Å². The molecule has 20 N–H and O–H groups in total. The van der Waals surface area contributed by atoms with Crippen molar-refractivity contribution in [3.05, 3.63) is 102 Å². The molecule has 40 nitrogen and oxygen atoms in total. The number of hydrogen-bond acceptors (Lipinski definition) is 22. The van der Waals surface area contributed by atoms with Crippen LogP contribution in [0.15, 0.2) is 85.2 Å². The van der Waals surface area contributed by atoms with E-state index in [1.165, 1.54) is 63.1 Å². The van der Waals surface area contributed by atoms with E-state index in [1.54, 1.807) is 82.4 Å². The number of aliphatic hydroxyl groups is 2. The summed E-state index contributed by atoms with van der Waals surface area (Å²) in [6.07, 6.45) is 1.26. The van der Waals surface area contributed by atoms with E-state index in [0.29, 0.717) is 64.2 Å². The number of H-pyrrole nitrogens is 1. The highest BCUT2D eigenvalue weighted by Gasteiger charge is 2.47. The Morgan fingerprint density at radius 3 is 1.72 bits per heavy atom. The summed E-state index contributed by atoms with van der Waals surface area (Å²) in [5.41, 5.74) is 20.0. The summed E-state index contributed by atoms with van der Waals surface area (Å²) < 4.78 is 1.42. The van der Waals surface area contributed by atoms with E-state index in [0.717, 1.165) is 36.3 Å². The van der Waals surface area contributed by atoms with Crippen LogP contribution in [-0.4, -0.2) is 305 Å². The van der Waals surface area contributed by atoms with Crippen molar-refractivity contribution in [2.75, 3.05) is 58.9 Å². The number of amides is 16. The maximum absolute atomic E-state index is 15.8. The van der Waals surface area contributed by atoms with E-state index in [4.69, 9.17) is 17.2 Å². The molecule has 0 unspecified atom stereocenters. The number of aliphatic carboxylic acids is 1. The molecule has 129 heavy (non-hydrogen) atoms. The highest BCUT2D eigenvalue weighted by atomic mass is 32.2. The van der Waals surface area contributed by atoms with Gasteiger partial charge in [-0.3, -0.25) is 81.5 Å². The Morgan fingerprint density at radius 1 is 0.550 bits per heavy atom. The summed E-state index contributed by atoms with van der Waals surface area (Å²) in [4.78, 5) is 255. The third-order valence-corrected chi connectivity index (χ3v) is 24.4. The van der Waals surface area contributed by atoms with Crippen LogP contribution in [0.1, 0.15) is 142 Å². The number of carboxylic acid groups (broad SMARTS) is 1.